The Kier molecular flexibility index (Phi) is 17.5. The maximum absolute atomic E-state index is 11.7. The van der Waals surface area contributed by atoms with Gasteiger partial charge in [0.05, 0.1) is 21.3 Å². The third-order valence-electron chi connectivity index (χ3n) is 4.80. The van der Waals surface area contributed by atoms with Crippen molar-refractivity contribution in [1.29, 1.82) is 0 Å². The fourth-order valence-electron chi connectivity index (χ4n) is 3.08. The van der Waals surface area contributed by atoms with Gasteiger partial charge >= 0.3 is 5.97 Å². The van der Waals surface area contributed by atoms with Gasteiger partial charge in [-0.1, -0.05) is 113 Å². The lowest BCUT2D eigenvalue weighted by molar-refractivity contribution is -0.137. The highest BCUT2D eigenvalue weighted by atomic mass is 32.2. The van der Waals surface area contributed by atoms with E-state index in [4.69, 9.17) is 0 Å². The van der Waals surface area contributed by atoms with Crippen molar-refractivity contribution in [2.24, 2.45) is 0 Å². The first-order chi connectivity index (χ1) is 14.2. The van der Waals surface area contributed by atoms with Crippen molar-refractivity contribution in [1.82, 2.24) is 0 Å². The Labute approximate surface area is 193 Å². The molecular weight excluding hydrogens is 441 g/mol. The van der Waals surface area contributed by atoms with Gasteiger partial charge in [-0.3, -0.25) is 9.59 Å². The minimum atomic E-state index is -0.247. The number of methoxy groups -OCH3 is 1. The van der Waals surface area contributed by atoms with Crippen molar-refractivity contribution in [3.8, 4) is 0 Å². The van der Waals surface area contributed by atoms with Crippen LogP contribution in [0.4, 0.5) is 0 Å². The van der Waals surface area contributed by atoms with E-state index in [1.54, 1.807) is 11.8 Å². The summed E-state index contributed by atoms with van der Waals surface area (Å²) in [5.41, 5.74) is 0. The zero-order valence-corrected chi connectivity index (χ0v) is 21.4. The molecule has 0 aliphatic carbocycles. The SMILES string of the molecule is CCCCCCCCCCCCCCCCSc1sc(=O)sc1SCC(=O)OC. The second-order valence-corrected chi connectivity index (χ2v) is 12.2. The molecule has 0 saturated carbocycles. The van der Waals surface area contributed by atoms with Gasteiger partial charge in [0.1, 0.15) is 0 Å². The Balaban J connectivity index is 1.96. The van der Waals surface area contributed by atoms with E-state index in [9.17, 15) is 9.59 Å². The molecule has 0 radical (unpaired) electrons. The van der Waals surface area contributed by atoms with E-state index < -0.39 is 0 Å². The molecule has 0 unspecified atom stereocenters. The van der Waals surface area contributed by atoms with Crippen molar-refractivity contribution in [2.75, 3.05) is 18.6 Å². The van der Waals surface area contributed by atoms with E-state index in [0.717, 1.165) is 14.2 Å². The van der Waals surface area contributed by atoms with Gasteiger partial charge in [0, 0.05) is 0 Å². The lowest BCUT2D eigenvalue weighted by atomic mass is 10.0. The molecule has 1 aromatic heterocycles. The van der Waals surface area contributed by atoms with Gasteiger partial charge in [0.15, 0.2) is 0 Å². The summed E-state index contributed by atoms with van der Waals surface area (Å²) in [5.74, 6) is 1.08. The lowest BCUT2D eigenvalue weighted by Crippen LogP contribution is -2.02. The largest absolute Gasteiger partial charge is 0.468 e. The Morgan fingerprint density at radius 1 is 0.759 bits per heavy atom. The van der Waals surface area contributed by atoms with Crippen LogP contribution in [-0.2, 0) is 9.53 Å². The van der Waals surface area contributed by atoms with E-state index in [0.29, 0.717) is 0 Å². The highest BCUT2D eigenvalue weighted by Crippen LogP contribution is 2.37. The molecule has 0 aliphatic heterocycles. The molecule has 0 atom stereocenters. The van der Waals surface area contributed by atoms with E-state index in [1.807, 2.05) is 0 Å². The predicted octanol–water partition coefficient (Wildman–Crippen LogP) is 8.01. The normalized spacial score (nSPS) is 11.1. The smallest absolute Gasteiger partial charge is 0.316 e. The summed E-state index contributed by atoms with van der Waals surface area (Å²) in [5, 5.41) is 0. The van der Waals surface area contributed by atoms with Crippen LogP contribution in [0.25, 0.3) is 0 Å². The van der Waals surface area contributed by atoms with Gasteiger partial charge in [-0.2, -0.15) is 0 Å². The average Bonchev–Trinajstić information content (AvgIpc) is 3.08. The van der Waals surface area contributed by atoms with E-state index >= 15 is 0 Å². The first kappa shape index (κ1) is 27.1. The van der Waals surface area contributed by atoms with Gasteiger partial charge in [0.2, 0.25) is 0 Å². The summed E-state index contributed by atoms with van der Waals surface area (Å²) in [7, 11) is 1.39. The van der Waals surface area contributed by atoms with Gasteiger partial charge in [-0.15, -0.1) is 23.5 Å². The summed E-state index contributed by atoms with van der Waals surface area (Å²) >= 11 is 5.75. The standard InChI is InChI=1S/C22H38O3S4/c1-3-4-5-6-7-8-9-10-11-12-13-14-15-16-17-26-20-21(29-22(24)28-20)27-18-19(23)25-2/h3-18H2,1-2H3. The molecule has 0 aromatic carbocycles. The van der Waals surface area contributed by atoms with E-state index in [-0.39, 0.29) is 15.8 Å². The molecule has 0 amide bonds. The molecule has 1 rings (SSSR count). The Morgan fingerprint density at radius 2 is 1.21 bits per heavy atom. The molecule has 0 bridgehead atoms. The lowest BCUT2D eigenvalue weighted by Gasteiger charge is -2.04. The van der Waals surface area contributed by atoms with Crippen LogP contribution in [0.3, 0.4) is 0 Å². The van der Waals surface area contributed by atoms with E-state index in [2.05, 4.69) is 11.7 Å². The van der Waals surface area contributed by atoms with Crippen molar-refractivity contribution >= 4 is 52.2 Å². The van der Waals surface area contributed by atoms with Crippen LogP contribution in [0, 0.1) is 0 Å². The molecular formula is C22H38O3S4. The summed E-state index contributed by atoms with van der Waals surface area (Å²) in [4.78, 5) is 23.0. The van der Waals surface area contributed by atoms with E-state index in [1.165, 1.54) is 131 Å². The second-order valence-electron chi connectivity index (χ2n) is 7.34. The molecule has 0 spiro atoms. The second kappa shape index (κ2) is 18.8. The first-order valence-electron chi connectivity index (χ1n) is 11.1. The third kappa shape index (κ3) is 14.6. The minimum absolute atomic E-state index is 0.112. The van der Waals surface area contributed by atoms with Crippen LogP contribution < -0.4 is 4.06 Å². The number of carbonyl (C=O) groups excluding carboxylic acids is 1. The Hall–Kier alpha value is 0.0200. The summed E-state index contributed by atoms with van der Waals surface area (Å²) in [6.45, 7) is 2.28. The minimum Gasteiger partial charge on any atom is -0.468 e. The fourth-order valence-corrected chi connectivity index (χ4v) is 8.23. The summed E-state index contributed by atoms with van der Waals surface area (Å²) < 4.78 is 6.83. The van der Waals surface area contributed by atoms with Gasteiger partial charge in [0.25, 0.3) is 4.06 Å². The topological polar surface area (TPSA) is 43.4 Å². The third-order valence-corrected chi connectivity index (χ3v) is 9.94. The van der Waals surface area contributed by atoms with Crippen LogP contribution in [-0.4, -0.2) is 24.6 Å². The number of unbranched alkanes of at least 4 members (excludes halogenated alkanes) is 13. The zero-order chi connectivity index (χ0) is 21.2. The van der Waals surface area contributed by atoms with Crippen LogP contribution >= 0.6 is 46.2 Å². The molecule has 168 valence electrons. The average molecular weight is 479 g/mol. The van der Waals surface area contributed by atoms with Crippen LogP contribution in [0.15, 0.2) is 13.2 Å². The molecule has 0 saturated heterocycles. The molecule has 0 N–H and O–H groups in total. The number of carbonyl (C=O) groups is 1. The number of ether oxygens (including phenoxy) is 1. The quantitative estimate of drug-likeness (QED) is 0.114. The Morgan fingerprint density at radius 3 is 1.69 bits per heavy atom. The van der Waals surface area contributed by atoms with Crippen molar-refractivity contribution in [3.63, 3.8) is 0 Å². The summed E-state index contributed by atoms with van der Waals surface area (Å²) in [6.07, 6.45) is 19.2. The predicted molar refractivity (Wildman–Crippen MR) is 132 cm³/mol. The number of rotatable bonds is 19. The van der Waals surface area contributed by atoms with Crippen LogP contribution in [0.1, 0.15) is 96.8 Å². The molecule has 1 heterocycles. The maximum atomic E-state index is 11.7. The maximum Gasteiger partial charge on any atom is 0.316 e. The van der Waals surface area contributed by atoms with Gasteiger partial charge in [-0.05, 0) is 12.2 Å². The van der Waals surface area contributed by atoms with Crippen LogP contribution in [0.2, 0.25) is 0 Å². The monoisotopic (exact) mass is 478 g/mol. The number of hydrogen-bond acceptors (Lipinski definition) is 7. The van der Waals surface area contributed by atoms with Crippen molar-refractivity contribution in [2.45, 2.75) is 105 Å². The Bertz CT molecular complexity index is 583. The molecule has 0 fully saturated rings. The molecule has 0 aliphatic rings. The van der Waals surface area contributed by atoms with Crippen molar-refractivity contribution in [3.05, 3.63) is 8.85 Å². The molecule has 1 aromatic rings. The number of esters is 1. The molecule has 7 heteroatoms. The van der Waals surface area contributed by atoms with Gasteiger partial charge < -0.3 is 4.74 Å². The highest BCUT2D eigenvalue weighted by molar-refractivity contribution is 8.05. The number of thioether (sulfide) groups is 2. The number of hydrogen-bond donors (Lipinski definition) is 0. The van der Waals surface area contributed by atoms with Crippen LogP contribution in [0.5, 0.6) is 0 Å². The van der Waals surface area contributed by atoms with Gasteiger partial charge in [-0.25, -0.2) is 0 Å². The zero-order valence-electron chi connectivity index (χ0n) is 18.2. The van der Waals surface area contributed by atoms with Crippen molar-refractivity contribution < 1.29 is 9.53 Å². The first-order valence-corrected chi connectivity index (χ1v) is 14.7. The fraction of sp³-hybridized carbons (Fsp3) is 0.818. The highest BCUT2D eigenvalue weighted by Gasteiger charge is 2.12. The molecule has 29 heavy (non-hydrogen) atoms. The molecule has 3 nitrogen and oxygen atoms in total. The summed E-state index contributed by atoms with van der Waals surface area (Å²) in [6, 6.07) is 0.